The fourth-order valence-electron chi connectivity index (χ4n) is 1.72. The average molecular weight is 243 g/mol. The minimum Gasteiger partial charge on any atom is -0.383 e. The lowest BCUT2D eigenvalue weighted by Gasteiger charge is -2.12. The van der Waals surface area contributed by atoms with E-state index < -0.39 is 0 Å². The molecular weight excluding hydrogens is 228 g/mol. The van der Waals surface area contributed by atoms with Crippen LogP contribution in [0.4, 0.5) is 5.69 Å². The Labute approximate surface area is 99.8 Å². The molecule has 1 aliphatic heterocycles. The zero-order valence-corrected chi connectivity index (χ0v) is 10.4. The summed E-state index contributed by atoms with van der Waals surface area (Å²) in [5.41, 5.74) is 2.09. The highest BCUT2D eigenvalue weighted by atomic mass is 35.5. The van der Waals surface area contributed by atoms with Crippen LogP contribution in [0.15, 0.2) is 12.1 Å². The molecule has 1 N–H and O–H groups in total. The van der Waals surface area contributed by atoms with E-state index in [1.165, 1.54) is 17.9 Å². The highest BCUT2D eigenvalue weighted by Crippen LogP contribution is 2.24. The van der Waals surface area contributed by atoms with Crippen molar-refractivity contribution in [3.8, 4) is 0 Å². The second-order valence-corrected chi connectivity index (χ2v) is 5.41. The Hall–Kier alpha value is -0.410. The summed E-state index contributed by atoms with van der Waals surface area (Å²) in [6.45, 7) is 3.04. The maximum absolute atomic E-state index is 5.80. The quantitative estimate of drug-likeness (QED) is 0.824. The minimum atomic E-state index is 0.564. The van der Waals surface area contributed by atoms with E-state index in [4.69, 9.17) is 11.6 Å². The van der Waals surface area contributed by atoms with Crippen LogP contribution >= 0.6 is 23.4 Å². The molecule has 0 saturated carbocycles. The van der Waals surface area contributed by atoms with Gasteiger partial charge < -0.3 is 5.32 Å². The van der Waals surface area contributed by atoms with Crippen molar-refractivity contribution in [2.24, 2.45) is 5.92 Å². The number of pyridine rings is 1. The van der Waals surface area contributed by atoms with Gasteiger partial charge in [-0.15, -0.1) is 0 Å². The van der Waals surface area contributed by atoms with E-state index in [-0.39, 0.29) is 0 Å². The molecule has 2 nitrogen and oxygen atoms in total. The summed E-state index contributed by atoms with van der Waals surface area (Å²) in [6, 6.07) is 3.84. The van der Waals surface area contributed by atoms with Gasteiger partial charge in [0.15, 0.2) is 0 Å². The number of hydrogen-bond acceptors (Lipinski definition) is 3. The van der Waals surface area contributed by atoms with Gasteiger partial charge in [0, 0.05) is 6.54 Å². The minimum absolute atomic E-state index is 0.564. The van der Waals surface area contributed by atoms with Crippen molar-refractivity contribution >= 4 is 29.1 Å². The van der Waals surface area contributed by atoms with Crippen LogP contribution in [-0.4, -0.2) is 23.0 Å². The first kappa shape index (κ1) is 11.1. The Morgan fingerprint density at radius 3 is 3.13 bits per heavy atom. The van der Waals surface area contributed by atoms with Gasteiger partial charge in [-0.1, -0.05) is 11.6 Å². The molecule has 1 aliphatic rings. The molecule has 0 bridgehead atoms. The van der Waals surface area contributed by atoms with Crippen LogP contribution in [0.2, 0.25) is 5.15 Å². The summed E-state index contributed by atoms with van der Waals surface area (Å²) >= 11 is 7.85. The molecular formula is C11H15ClN2S. The standard InChI is InChI=1S/C11H15ClN2S/c1-8-10(2-3-11(12)14-8)13-6-9-4-5-15-7-9/h2-3,9,13H,4-7H2,1H3. The van der Waals surface area contributed by atoms with Gasteiger partial charge in [-0.2, -0.15) is 11.8 Å². The van der Waals surface area contributed by atoms with Crippen LogP contribution in [0, 0.1) is 12.8 Å². The second-order valence-electron chi connectivity index (χ2n) is 3.88. The van der Waals surface area contributed by atoms with Crippen molar-refractivity contribution in [1.29, 1.82) is 0 Å². The highest BCUT2D eigenvalue weighted by molar-refractivity contribution is 7.99. The number of thioether (sulfide) groups is 1. The predicted molar refractivity (Wildman–Crippen MR) is 67.9 cm³/mol. The van der Waals surface area contributed by atoms with Crippen molar-refractivity contribution in [2.75, 3.05) is 23.4 Å². The maximum Gasteiger partial charge on any atom is 0.129 e. The summed E-state index contributed by atoms with van der Waals surface area (Å²) in [6.07, 6.45) is 1.33. The molecule has 0 aromatic carbocycles. The largest absolute Gasteiger partial charge is 0.383 e. The van der Waals surface area contributed by atoms with Crippen molar-refractivity contribution in [1.82, 2.24) is 4.98 Å². The third-order valence-corrected chi connectivity index (χ3v) is 4.10. The maximum atomic E-state index is 5.80. The fourth-order valence-corrected chi connectivity index (χ4v) is 3.19. The monoisotopic (exact) mass is 242 g/mol. The third kappa shape index (κ3) is 3.02. The lowest BCUT2D eigenvalue weighted by Crippen LogP contribution is -2.14. The van der Waals surface area contributed by atoms with Gasteiger partial charge in [-0.25, -0.2) is 4.98 Å². The van der Waals surface area contributed by atoms with Crippen LogP contribution in [0.5, 0.6) is 0 Å². The summed E-state index contributed by atoms with van der Waals surface area (Å²) in [5, 5.41) is 4.01. The third-order valence-electron chi connectivity index (χ3n) is 2.66. The molecule has 1 fully saturated rings. The molecule has 2 heterocycles. The SMILES string of the molecule is Cc1nc(Cl)ccc1NCC1CCSC1. The van der Waals surface area contributed by atoms with Gasteiger partial charge in [0.2, 0.25) is 0 Å². The smallest absolute Gasteiger partial charge is 0.129 e. The molecule has 0 aliphatic carbocycles. The van der Waals surface area contributed by atoms with E-state index in [0.717, 1.165) is 23.8 Å². The van der Waals surface area contributed by atoms with Crippen LogP contribution in [0.3, 0.4) is 0 Å². The molecule has 1 atom stereocenters. The van der Waals surface area contributed by atoms with Gasteiger partial charge in [-0.3, -0.25) is 0 Å². The number of halogens is 1. The number of aromatic nitrogens is 1. The molecule has 4 heteroatoms. The fraction of sp³-hybridized carbons (Fsp3) is 0.545. The van der Waals surface area contributed by atoms with E-state index in [1.807, 2.05) is 30.8 Å². The number of hydrogen-bond donors (Lipinski definition) is 1. The molecule has 0 spiro atoms. The van der Waals surface area contributed by atoms with Gasteiger partial charge >= 0.3 is 0 Å². The average Bonchev–Trinajstić information content (AvgIpc) is 2.69. The van der Waals surface area contributed by atoms with Crippen LogP contribution in [0.25, 0.3) is 0 Å². The number of anilines is 1. The summed E-state index contributed by atoms with van der Waals surface area (Å²) in [5.74, 6) is 3.40. The summed E-state index contributed by atoms with van der Waals surface area (Å²) in [4.78, 5) is 4.22. The number of nitrogens with one attached hydrogen (secondary N) is 1. The molecule has 1 unspecified atom stereocenters. The highest BCUT2D eigenvalue weighted by Gasteiger charge is 2.15. The van der Waals surface area contributed by atoms with Gasteiger partial charge in [0.05, 0.1) is 11.4 Å². The van der Waals surface area contributed by atoms with Crippen LogP contribution < -0.4 is 5.32 Å². The van der Waals surface area contributed by atoms with Gasteiger partial charge in [-0.05, 0) is 42.9 Å². The van der Waals surface area contributed by atoms with Gasteiger partial charge in [0.25, 0.3) is 0 Å². The zero-order chi connectivity index (χ0) is 10.7. The first-order chi connectivity index (χ1) is 7.25. The van der Waals surface area contributed by atoms with E-state index in [9.17, 15) is 0 Å². The lowest BCUT2D eigenvalue weighted by molar-refractivity contribution is 0.631. The Morgan fingerprint density at radius 1 is 1.60 bits per heavy atom. The van der Waals surface area contributed by atoms with Crippen molar-refractivity contribution in [2.45, 2.75) is 13.3 Å². The van der Waals surface area contributed by atoms with E-state index in [1.54, 1.807) is 0 Å². The Bertz CT molecular complexity index is 337. The summed E-state index contributed by atoms with van der Waals surface area (Å²) < 4.78 is 0. The van der Waals surface area contributed by atoms with Crippen LogP contribution in [-0.2, 0) is 0 Å². The van der Waals surface area contributed by atoms with Gasteiger partial charge in [0.1, 0.15) is 5.15 Å². The molecule has 82 valence electrons. The first-order valence-electron chi connectivity index (χ1n) is 5.20. The van der Waals surface area contributed by atoms with E-state index >= 15 is 0 Å². The number of aryl methyl sites for hydroxylation is 1. The normalized spacial score (nSPS) is 20.5. The Kier molecular flexibility index (Phi) is 3.76. The van der Waals surface area contributed by atoms with E-state index in [0.29, 0.717) is 5.15 Å². The molecule has 0 amide bonds. The van der Waals surface area contributed by atoms with Crippen molar-refractivity contribution in [3.05, 3.63) is 23.0 Å². The number of rotatable bonds is 3. The van der Waals surface area contributed by atoms with Crippen molar-refractivity contribution in [3.63, 3.8) is 0 Å². The summed E-state index contributed by atoms with van der Waals surface area (Å²) in [7, 11) is 0. The second kappa shape index (κ2) is 5.08. The first-order valence-corrected chi connectivity index (χ1v) is 6.74. The molecule has 1 saturated heterocycles. The van der Waals surface area contributed by atoms with E-state index in [2.05, 4.69) is 10.3 Å². The van der Waals surface area contributed by atoms with Crippen molar-refractivity contribution < 1.29 is 0 Å². The Balaban J connectivity index is 1.92. The molecule has 15 heavy (non-hydrogen) atoms. The molecule has 1 aromatic rings. The Morgan fingerprint density at radius 2 is 2.47 bits per heavy atom. The number of nitrogens with zero attached hydrogens (tertiary/aromatic N) is 1. The molecule has 1 aromatic heterocycles. The topological polar surface area (TPSA) is 24.9 Å². The molecule has 0 radical (unpaired) electrons. The zero-order valence-electron chi connectivity index (χ0n) is 8.79. The predicted octanol–water partition coefficient (Wildman–Crippen LogP) is 3.21. The van der Waals surface area contributed by atoms with Crippen LogP contribution in [0.1, 0.15) is 12.1 Å². The molecule has 2 rings (SSSR count). The lowest BCUT2D eigenvalue weighted by atomic mass is 10.1.